The minimum Gasteiger partial charge on any atom is -0.357 e. The number of hydrogen-bond donors (Lipinski definition) is 1. The van der Waals surface area contributed by atoms with Crippen molar-refractivity contribution in [1.82, 2.24) is 14.8 Å². The van der Waals surface area contributed by atoms with Crippen LogP contribution in [0.1, 0.15) is 35.1 Å². The number of carbonyl (C=O) groups excluding carboxylic acids is 1. The molecule has 0 unspecified atom stereocenters. The molecular weight excluding hydrogens is 460 g/mol. The number of nitrogens with zero attached hydrogens (tertiary/aromatic N) is 5. The fraction of sp³-hybridized carbons (Fsp3) is 0.300. The van der Waals surface area contributed by atoms with Gasteiger partial charge >= 0.3 is 0 Å². The Morgan fingerprint density at radius 2 is 1.78 bits per heavy atom. The van der Waals surface area contributed by atoms with Crippen LogP contribution in [0.15, 0.2) is 73.1 Å². The smallest absolute Gasteiger partial charge is 0.230 e. The lowest BCUT2D eigenvalue weighted by Gasteiger charge is -2.35. The van der Waals surface area contributed by atoms with Crippen LogP contribution in [-0.2, 0) is 17.9 Å². The van der Waals surface area contributed by atoms with Crippen molar-refractivity contribution in [2.75, 3.05) is 28.2 Å². The second-order valence-corrected chi connectivity index (χ2v) is 10.2. The first-order valence-corrected chi connectivity index (χ1v) is 13.0. The first-order valence-electron chi connectivity index (χ1n) is 13.0. The molecule has 0 bridgehead atoms. The van der Waals surface area contributed by atoms with Crippen molar-refractivity contribution < 1.29 is 4.79 Å². The van der Waals surface area contributed by atoms with E-state index in [1.165, 1.54) is 11.1 Å². The Balaban J connectivity index is 1.26. The molecule has 2 aromatic carbocycles. The Kier molecular flexibility index (Phi) is 6.12. The summed E-state index contributed by atoms with van der Waals surface area (Å²) in [7, 11) is 0. The highest BCUT2D eigenvalue weighted by atomic mass is 16.2. The third-order valence-electron chi connectivity index (χ3n) is 7.45. The number of amides is 1. The van der Waals surface area contributed by atoms with Crippen LogP contribution < -0.4 is 15.1 Å². The maximum Gasteiger partial charge on any atom is 0.230 e. The van der Waals surface area contributed by atoms with Gasteiger partial charge < -0.3 is 15.1 Å². The molecular formula is C30H32N6O. The lowest BCUT2D eigenvalue weighted by Crippen LogP contribution is -2.42. The Labute approximate surface area is 217 Å². The summed E-state index contributed by atoms with van der Waals surface area (Å²) in [6.45, 7) is 7.01. The molecule has 0 radical (unpaired) electrons. The van der Waals surface area contributed by atoms with Gasteiger partial charge in [-0.1, -0.05) is 36.4 Å². The number of benzene rings is 2. The molecule has 2 aromatic heterocycles. The molecule has 4 aromatic rings. The van der Waals surface area contributed by atoms with E-state index in [0.29, 0.717) is 13.1 Å². The second-order valence-electron chi connectivity index (χ2n) is 10.2. The van der Waals surface area contributed by atoms with Gasteiger partial charge in [-0.25, -0.2) is 9.67 Å². The number of aryl methyl sites for hydroxylation is 2. The summed E-state index contributed by atoms with van der Waals surface area (Å²) in [4.78, 5) is 22.8. The molecule has 2 aliphatic rings. The highest BCUT2D eigenvalue weighted by Crippen LogP contribution is 2.38. The predicted molar refractivity (Wildman–Crippen MR) is 147 cm³/mol. The molecule has 1 amide bonds. The van der Waals surface area contributed by atoms with Gasteiger partial charge in [0.05, 0.1) is 30.7 Å². The number of fused-ring (bicyclic) bond motifs is 2. The number of carbonyl (C=O) groups is 1. The molecule has 7 heteroatoms. The number of nitrogens with one attached hydrogen (secondary N) is 1. The molecule has 37 heavy (non-hydrogen) atoms. The zero-order valence-electron chi connectivity index (χ0n) is 21.4. The average Bonchev–Trinajstić information content (AvgIpc) is 3.19. The zero-order chi connectivity index (χ0) is 25.4. The van der Waals surface area contributed by atoms with Gasteiger partial charge in [0, 0.05) is 30.8 Å². The van der Waals surface area contributed by atoms with Gasteiger partial charge in [0.1, 0.15) is 11.6 Å². The fourth-order valence-corrected chi connectivity index (χ4v) is 5.39. The van der Waals surface area contributed by atoms with Crippen molar-refractivity contribution in [3.05, 3.63) is 95.3 Å². The van der Waals surface area contributed by atoms with Crippen LogP contribution in [0.25, 0.3) is 0 Å². The largest absolute Gasteiger partial charge is 0.357 e. The molecule has 6 rings (SSSR count). The van der Waals surface area contributed by atoms with Crippen molar-refractivity contribution in [1.29, 1.82) is 0 Å². The molecule has 1 saturated heterocycles. The predicted octanol–water partition coefficient (Wildman–Crippen LogP) is 5.45. The minimum atomic E-state index is -0.0175. The van der Waals surface area contributed by atoms with E-state index >= 15 is 0 Å². The van der Waals surface area contributed by atoms with Gasteiger partial charge in [-0.2, -0.15) is 5.10 Å². The average molecular weight is 493 g/mol. The van der Waals surface area contributed by atoms with Crippen molar-refractivity contribution in [3.8, 4) is 0 Å². The van der Waals surface area contributed by atoms with Gasteiger partial charge in [0.2, 0.25) is 5.91 Å². The summed E-state index contributed by atoms with van der Waals surface area (Å²) < 4.78 is 2.00. The van der Waals surface area contributed by atoms with E-state index in [-0.39, 0.29) is 11.8 Å². The molecule has 1 N–H and O–H groups in total. The summed E-state index contributed by atoms with van der Waals surface area (Å²) >= 11 is 0. The van der Waals surface area contributed by atoms with E-state index in [1.807, 2.05) is 46.2 Å². The van der Waals surface area contributed by atoms with E-state index in [2.05, 4.69) is 70.5 Å². The van der Waals surface area contributed by atoms with Crippen LogP contribution >= 0.6 is 0 Å². The van der Waals surface area contributed by atoms with Crippen molar-refractivity contribution in [2.24, 2.45) is 5.92 Å². The summed E-state index contributed by atoms with van der Waals surface area (Å²) in [5.41, 5.74) is 6.45. The Bertz CT molecular complexity index is 1420. The second kappa shape index (κ2) is 9.73. The van der Waals surface area contributed by atoms with E-state index < -0.39 is 0 Å². The number of pyridine rings is 1. The number of aromatic nitrogens is 3. The van der Waals surface area contributed by atoms with Crippen LogP contribution in [0, 0.1) is 19.8 Å². The van der Waals surface area contributed by atoms with E-state index in [1.54, 1.807) is 0 Å². The molecule has 0 spiro atoms. The molecule has 0 atom stereocenters. The van der Waals surface area contributed by atoms with Crippen LogP contribution in [-0.4, -0.2) is 33.8 Å². The Morgan fingerprint density at radius 1 is 1.00 bits per heavy atom. The van der Waals surface area contributed by atoms with Gasteiger partial charge in [0.25, 0.3) is 0 Å². The maximum absolute atomic E-state index is 14.0. The van der Waals surface area contributed by atoms with Gasteiger partial charge in [-0.3, -0.25) is 4.79 Å². The molecule has 0 aliphatic carbocycles. The van der Waals surface area contributed by atoms with E-state index in [9.17, 15) is 4.79 Å². The molecule has 7 nitrogen and oxygen atoms in total. The summed E-state index contributed by atoms with van der Waals surface area (Å²) in [6, 6.07) is 20.7. The molecule has 2 aliphatic heterocycles. The van der Waals surface area contributed by atoms with Crippen molar-refractivity contribution in [3.63, 3.8) is 0 Å². The van der Waals surface area contributed by atoms with Gasteiger partial charge in [0.15, 0.2) is 0 Å². The molecule has 188 valence electrons. The minimum absolute atomic E-state index is 0.0175. The van der Waals surface area contributed by atoms with Crippen LogP contribution in [0.4, 0.5) is 23.0 Å². The number of rotatable bonds is 4. The summed E-state index contributed by atoms with van der Waals surface area (Å²) in [5, 5.41) is 8.31. The third-order valence-corrected chi connectivity index (χ3v) is 7.45. The molecule has 0 saturated carbocycles. The Hall–Kier alpha value is -4.13. The standard InChI is InChI=1S/C30H32N6O/c1-21-8-9-27-26(16-21)33-29-25(18-32-36(29)19-23-6-4-3-5-7-23)20-35(27)30(37)24-11-14-34(15-12-24)28-17-22(2)10-13-31-28/h3-10,13,16-18,24,33H,11-12,14-15,19-20H2,1-2H3. The lowest BCUT2D eigenvalue weighted by molar-refractivity contribution is -0.123. The first-order chi connectivity index (χ1) is 18.0. The highest BCUT2D eigenvalue weighted by Gasteiger charge is 2.33. The highest BCUT2D eigenvalue weighted by molar-refractivity contribution is 5.99. The van der Waals surface area contributed by atoms with E-state index in [0.717, 1.165) is 60.1 Å². The summed E-state index contributed by atoms with van der Waals surface area (Å²) in [6.07, 6.45) is 5.40. The van der Waals surface area contributed by atoms with Crippen LogP contribution in [0.5, 0.6) is 0 Å². The molecule has 1 fully saturated rings. The third kappa shape index (κ3) is 4.69. The normalized spacial score (nSPS) is 15.5. The number of anilines is 4. The summed E-state index contributed by atoms with van der Waals surface area (Å²) in [5.74, 6) is 2.12. The monoisotopic (exact) mass is 492 g/mol. The zero-order valence-corrected chi connectivity index (χ0v) is 21.4. The Morgan fingerprint density at radius 3 is 2.57 bits per heavy atom. The van der Waals surface area contributed by atoms with E-state index in [4.69, 9.17) is 0 Å². The van der Waals surface area contributed by atoms with Crippen molar-refractivity contribution in [2.45, 2.75) is 39.8 Å². The van der Waals surface area contributed by atoms with Crippen LogP contribution in [0.3, 0.4) is 0 Å². The van der Waals surface area contributed by atoms with Gasteiger partial charge in [-0.05, 0) is 67.6 Å². The van der Waals surface area contributed by atoms with Crippen molar-refractivity contribution >= 4 is 28.9 Å². The van der Waals surface area contributed by atoms with Gasteiger partial charge in [-0.15, -0.1) is 0 Å². The first kappa shape index (κ1) is 23.3. The lowest BCUT2D eigenvalue weighted by atomic mass is 9.94. The van der Waals surface area contributed by atoms with Crippen LogP contribution in [0.2, 0.25) is 0 Å². The number of hydrogen-bond acceptors (Lipinski definition) is 5. The molecule has 4 heterocycles. The maximum atomic E-state index is 14.0. The fourth-order valence-electron chi connectivity index (χ4n) is 5.39. The quantitative estimate of drug-likeness (QED) is 0.410. The number of piperidine rings is 1. The SMILES string of the molecule is Cc1ccnc(N2CCC(C(=O)N3Cc4cnn(Cc5ccccc5)c4Nc4cc(C)ccc43)CC2)c1. The topological polar surface area (TPSA) is 66.3 Å².